The van der Waals surface area contributed by atoms with Gasteiger partial charge in [-0.1, -0.05) is 24.3 Å². The first kappa shape index (κ1) is 14.6. The summed E-state index contributed by atoms with van der Waals surface area (Å²) in [5.74, 6) is -1.07. The first-order valence-electron chi connectivity index (χ1n) is 6.97. The van der Waals surface area contributed by atoms with E-state index in [1.165, 1.54) is 0 Å². The Morgan fingerprint density at radius 2 is 1.85 bits per heavy atom. The van der Waals surface area contributed by atoms with Crippen molar-refractivity contribution in [3.05, 3.63) is 35.4 Å². The van der Waals surface area contributed by atoms with Gasteiger partial charge in [-0.3, -0.25) is 9.59 Å². The minimum Gasteiger partial charge on any atom is -0.466 e. The van der Waals surface area contributed by atoms with E-state index in [0.717, 1.165) is 11.1 Å². The molecular weight excluding hydrogens is 256 g/mol. The van der Waals surface area contributed by atoms with Gasteiger partial charge < -0.3 is 9.47 Å². The van der Waals surface area contributed by atoms with Crippen molar-refractivity contribution in [2.24, 2.45) is 5.92 Å². The molecule has 2 atom stereocenters. The highest BCUT2D eigenvalue weighted by molar-refractivity contribution is 5.96. The summed E-state index contributed by atoms with van der Waals surface area (Å²) in [7, 11) is 0. The summed E-state index contributed by atoms with van der Waals surface area (Å²) in [5.41, 5.74) is 1.01. The lowest BCUT2D eigenvalue weighted by Crippen LogP contribution is -2.29. The number of aryl methyl sites for hydroxylation is 1. The van der Waals surface area contributed by atoms with Gasteiger partial charge in [0.1, 0.15) is 5.41 Å². The van der Waals surface area contributed by atoms with Gasteiger partial charge in [0, 0.05) is 0 Å². The molecule has 1 fully saturated rings. The van der Waals surface area contributed by atoms with Crippen molar-refractivity contribution in [2.45, 2.75) is 32.6 Å². The molecule has 1 aromatic carbocycles. The SMILES string of the molecule is CCOC(=O)[C@H]1C[C@]1(C(=O)OCC)c1ccccc1C. The lowest BCUT2D eigenvalue weighted by molar-refractivity contribution is -0.152. The van der Waals surface area contributed by atoms with Crippen molar-refractivity contribution < 1.29 is 19.1 Å². The molecule has 0 amide bonds. The second-order valence-corrected chi connectivity index (χ2v) is 5.02. The molecule has 4 nitrogen and oxygen atoms in total. The topological polar surface area (TPSA) is 52.6 Å². The molecule has 0 bridgehead atoms. The fourth-order valence-corrected chi connectivity index (χ4v) is 2.76. The Morgan fingerprint density at radius 3 is 2.45 bits per heavy atom. The molecule has 0 heterocycles. The molecule has 0 unspecified atom stereocenters. The number of benzene rings is 1. The predicted octanol–water partition coefficient (Wildman–Crippen LogP) is 2.38. The lowest BCUT2D eigenvalue weighted by Gasteiger charge is -2.18. The predicted molar refractivity (Wildman–Crippen MR) is 74.2 cm³/mol. The van der Waals surface area contributed by atoms with E-state index in [4.69, 9.17) is 9.47 Å². The van der Waals surface area contributed by atoms with E-state index in [-0.39, 0.29) is 11.9 Å². The molecule has 0 N–H and O–H groups in total. The zero-order chi connectivity index (χ0) is 14.8. The molecule has 0 spiro atoms. The summed E-state index contributed by atoms with van der Waals surface area (Å²) >= 11 is 0. The van der Waals surface area contributed by atoms with Gasteiger partial charge in [-0.05, 0) is 38.3 Å². The van der Waals surface area contributed by atoms with Gasteiger partial charge in [-0.15, -0.1) is 0 Å². The minimum absolute atomic E-state index is 0.308. The minimum atomic E-state index is -0.854. The van der Waals surface area contributed by atoms with E-state index in [1.807, 2.05) is 31.2 Å². The number of carbonyl (C=O) groups excluding carboxylic acids is 2. The summed E-state index contributed by atoms with van der Waals surface area (Å²) in [6, 6.07) is 7.63. The lowest BCUT2D eigenvalue weighted by atomic mass is 9.89. The smallest absolute Gasteiger partial charge is 0.317 e. The standard InChI is InChI=1S/C16H20O4/c1-4-19-14(17)13-10-16(13,15(18)20-5-2)12-9-7-6-8-11(12)3/h6-9,13H,4-5,10H2,1-3H3/t13-,16+/m1/s1. The molecule has 1 saturated carbocycles. The Balaban J connectivity index is 2.36. The maximum Gasteiger partial charge on any atom is 0.317 e. The van der Waals surface area contributed by atoms with E-state index in [2.05, 4.69) is 0 Å². The van der Waals surface area contributed by atoms with Crippen LogP contribution in [0.15, 0.2) is 24.3 Å². The van der Waals surface area contributed by atoms with Crippen LogP contribution < -0.4 is 0 Å². The molecule has 2 rings (SSSR count). The average Bonchev–Trinajstić information content (AvgIpc) is 3.16. The van der Waals surface area contributed by atoms with Crippen LogP contribution in [0.1, 0.15) is 31.4 Å². The number of esters is 2. The van der Waals surface area contributed by atoms with E-state index in [0.29, 0.717) is 19.6 Å². The van der Waals surface area contributed by atoms with Crippen molar-refractivity contribution in [3.63, 3.8) is 0 Å². The van der Waals surface area contributed by atoms with Crippen LogP contribution in [0.5, 0.6) is 0 Å². The van der Waals surface area contributed by atoms with Crippen molar-refractivity contribution in [1.82, 2.24) is 0 Å². The Morgan fingerprint density at radius 1 is 1.20 bits per heavy atom. The van der Waals surface area contributed by atoms with E-state index < -0.39 is 11.3 Å². The Hall–Kier alpha value is -1.84. The normalized spacial score (nSPS) is 24.1. The Kier molecular flexibility index (Phi) is 4.12. The number of carbonyl (C=O) groups is 2. The van der Waals surface area contributed by atoms with E-state index in [9.17, 15) is 9.59 Å². The monoisotopic (exact) mass is 276 g/mol. The number of hydrogen-bond acceptors (Lipinski definition) is 4. The first-order valence-corrected chi connectivity index (χ1v) is 6.97. The zero-order valence-electron chi connectivity index (χ0n) is 12.1. The maximum absolute atomic E-state index is 12.4. The van der Waals surface area contributed by atoms with Crippen LogP contribution in [0.2, 0.25) is 0 Å². The van der Waals surface area contributed by atoms with E-state index >= 15 is 0 Å². The molecule has 0 radical (unpaired) electrons. The largest absolute Gasteiger partial charge is 0.466 e. The second-order valence-electron chi connectivity index (χ2n) is 5.02. The van der Waals surface area contributed by atoms with Crippen LogP contribution in [0.3, 0.4) is 0 Å². The number of rotatable bonds is 5. The van der Waals surface area contributed by atoms with Gasteiger partial charge in [0.25, 0.3) is 0 Å². The highest BCUT2D eigenvalue weighted by Gasteiger charge is 2.67. The molecule has 0 aromatic heterocycles. The molecule has 1 aromatic rings. The van der Waals surface area contributed by atoms with Gasteiger partial charge in [-0.25, -0.2) is 0 Å². The van der Waals surface area contributed by atoms with Crippen LogP contribution in [0.4, 0.5) is 0 Å². The summed E-state index contributed by atoms with van der Waals surface area (Å²) in [6.45, 7) is 6.10. The molecule has 0 aliphatic heterocycles. The van der Waals surface area contributed by atoms with E-state index in [1.54, 1.807) is 13.8 Å². The van der Waals surface area contributed by atoms with Gasteiger partial charge in [0.15, 0.2) is 0 Å². The average molecular weight is 276 g/mol. The van der Waals surface area contributed by atoms with Crippen molar-refractivity contribution in [2.75, 3.05) is 13.2 Å². The Labute approximate surface area is 119 Å². The molecular formula is C16H20O4. The number of ether oxygens (including phenoxy) is 2. The maximum atomic E-state index is 12.4. The van der Waals surface area contributed by atoms with Crippen molar-refractivity contribution >= 4 is 11.9 Å². The molecule has 1 aliphatic carbocycles. The fourth-order valence-electron chi connectivity index (χ4n) is 2.76. The zero-order valence-corrected chi connectivity index (χ0v) is 12.1. The highest BCUT2D eigenvalue weighted by Crippen LogP contribution is 2.56. The van der Waals surface area contributed by atoms with Gasteiger partial charge >= 0.3 is 11.9 Å². The quantitative estimate of drug-likeness (QED) is 0.775. The summed E-state index contributed by atoms with van der Waals surface area (Å²) in [5, 5.41) is 0. The molecule has 4 heteroatoms. The van der Waals surface area contributed by atoms with Crippen molar-refractivity contribution in [3.8, 4) is 0 Å². The third-order valence-electron chi connectivity index (χ3n) is 3.80. The van der Waals surface area contributed by atoms with Gasteiger partial charge in [-0.2, -0.15) is 0 Å². The van der Waals surface area contributed by atoms with Crippen LogP contribution in [-0.4, -0.2) is 25.2 Å². The number of hydrogen-bond donors (Lipinski definition) is 0. The summed E-state index contributed by atoms with van der Waals surface area (Å²) in [4.78, 5) is 24.4. The first-order chi connectivity index (χ1) is 9.57. The third kappa shape index (κ3) is 2.30. The van der Waals surface area contributed by atoms with Gasteiger partial charge in [0.05, 0.1) is 19.1 Å². The van der Waals surface area contributed by atoms with Crippen molar-refractivity contribution in [1.29, 1.82) is 0 Å². The molecule has 108 valence electrons. The summed E-state index contributed by atoms with van der Waals surface area (Å²) in [6.07, 6.45) is 0.468. The highest BCUT2D eigenvalue weighted by atomic mass is 16.5. The summed E-state index contributed by atoms with van der Waals surface area (Å²) < 4.78 is 10.3. The second kappa shape index (κ2) is 5.65. The van der Waals surface area contributed by atoms with Crippen LogP contribution in [0, 0.1) is 12.8 Å². The van der Waals surface area contributed by atoms with Crippen LogP contribution >= 0.6 is 0 Å². The molecule has 20 heavy (non-hydrogen) atoms. The van der Waals surface area contributed by atoms with Gasteiger partial charge in [0.2, 0.25) is 0 Å². The fraction of sp³-hybridized carbons (Fsp3) is 0.500. The molecule has 0 saturated heterocycles. The Bertz CT molecular complexity index is 523. The van der Waals surface area contributed by atoms with Crippen LogP contribution in [0.25, 0.3) is 0 Å². The third-order valence-corrected chi connectivity index (χ3v) is 3.80. The molecule has 1 aliphatic rings. The van der Waals surface area contributed by atoms with Crippen LogP contribution in [-0.2, 0) is 24.5 Å².